The first-order chi connectivity index (χ1) is 6.75. The van der Waals surface area contributed by atoms with Crippen LogP contribution in [0, 0.1) is 0 Å². The summed E-state index contributed by atoms with van der Waals surface area (Å²) >= 11 is 0. The van der Waals surface area contributed by atoms with Crippen LogP contribution in [0.2, 0.25) is 0 Å². The van der Waals surface area contributed by atoms with E-state index in [4.69, 9.17) is 9.47 Å². The molecular weight excluding hydrogens is 180 g/mol. The molecule has 0 atom stereocenters. The van der Waals surface area contributed by atoms with Gasteiger partial charge >= 0.3 is 5.97 Å². The second kappa shape index (κ2) is 3.70. The summed E-state index contributed by atoms with van der Waals surface area (Å²) in [6, 6.07) is 5.53. The summed E-state index contributed by atoms with van der Waals surface area (Å²) in [5, 5.41) is 0. The smallest absolute Gasteiger partial charge is 0.308 e. The van der Waals surface area contributed by atoms with Crippen LogP contribution in [0.25, 0.3) is 0 Å². The van der Waals surface area contributed by atoms with Crippen LogP contribution < -0.4 is 9.47 Å². The number of ether oxygens (including phenoxy) is 2. The van der Waals surface area contributed by atoms with E-state index in [0.717, 1.165) is 25.2 Å². The standard InChI is InChI=1S/C11H12O3/c1-8(12)14-10-5-4-9-3-2-6-13-11(9)7-10/h4-5,7H,2-3,6H2,1H3. The monoisotopic (exact) mass is 192 g/mol. The fourth-order valence-electron chi connectivity index (χ4n) is 1.55. The summed E-state index contributed by atoms with van der Waals surface area (Å²) in [6.07, 6.45) is 2.09. The zero-order valence-corrected chi connectivity index (χ0v) is 8.08. The van der Waals surface area contributed by atoms with Gasteiger partial charge in [0.2, 0.25) is 0 Å². The Hall–Kier alpha value is -1.51. The summed E-state index contributed by atoms with van der Waals surface area (Å²) < 4.78 is 10.4. The molecule has 0 saturated heterocycles. The molecule has 1 heterocycles. The van der Waals surface area contributed by atoms with Crippen LogP contribution >= 0.6 is 0 Å². The highest BCUT2D eigenvalue weighted by Crippen LogP contribution is 2.28. The molecule has 0 aliphatic carbocycles. The maximum absolute atomic E-state index is 10.7. The van der Waals surface area contributed by atoms with Gasteiger partial charge in [-0.3, -0.25) is 4.79 Å². The minimum absolute atomic E-state index is 0.305. The van der Waals surface area contributed by atoms with Gasteiger partial charge < -0.3 is 9.47 Å². The topological polar surface area (TPSA) is 35.5 Å². The van der Waals surface area contributed by atoms with Gasteiger partial charge in [0, 0.05) is 13.0 Å². The van der Waals surface area contributed by atoms with E-state index in [0.29, 0.717) is 5.75 Å². The molecule has 0 N–H and O–H groups in total. The molecule has 0 bridgehead atoms. The Morgan fingerprint density at radius 1 is 1.50 bits per heavy atom. The summed E-state index contributed by atoms with van der Waals surface area (Å²) in [5.41, 5.74) is 1.19. The van der Waals surface area contributed by atoms with Gasteiger partial charge in [-0.15, -0.1) is 0 Å². The Morgan fingerprint density at radius 3 is 3.14 bits per heavy atom. The Balaban J connectivity index is 2.24. The Morgan fingerprint density at radius 2 is 2.36 bits per heavy atom. The average Bonchev–Trinajstić information content (AvgIpc) is 2.17. The minimum Gasteiger partial charge on any atom is -0.493 e. The summed E-state index contributed by atoms with van der Waals surface area (Å²) in [5.74, 6) is 1.09. The van der Waals surface area contributed by atoms with Gasteiger partial charge in [0.1, 0.15) is 11.5 Å². The molecule has 0 radical (unpaired) electrons. The lowest BCUT2D eigenvalue weighted by Gasteiger charge is -2.17. The largest absolute Gasteiger partial charge is 0.493 e. The van der Waals surface area contributed by atoms with Crippen molar-refractivity contribution in [1.82, 2.24) is 0 Å². The third-order valence-electron chi connectivity index (χ3n) is 2.15. The Labute approximate surface area is 82.6 Å². The molecule has 0 spiro atoms. The molecule has 74 valence electrons. The Bertz CT molecular complexity index is 358. The third kappa shape index (κ3) is 1.87. The number of benzene rings is 1. The van der Waals surface area contributed by atoms with E-state index in [9.17, 15) is 4.79 Å². The van der Waals surface area contributed by atoms with E-state index in [2.05, 4.69) is 0 Å². The van der Waals surface area contributed by atoms with Crippen molar-refractivity contribution in [3.05, 3.63) is 23.8 Å². The zero-order valence-electron chi connectivity index (χ0n) is 8.08. The van der Waals surface area contributed by atoms with Crippen LogP contribution in [-0.2, 0) is 11.2 Å². The fourth-order valence-corrected chi connectivity index (χ4v) is 1.55. The maximum Gasteiger partial charge on any atom is 0.308 e. The molecule has 2 rings (SSSR count). The molecule has 1 aliphatic heterocycles. The first-order valence-corrected chi connectivity index (χ1v) is 4.70. The van der Waals surface area contributed by atoms with Crippen LogP contribution in [0.15, 0.2) is 18.2 Å². The molecule has 0 amide bonds. The van der Waals surface area contributed by atoms with Crippen molar-refractivity contribution in [2.24, 2.45) is 0 Å². The van der Waals surface area contributed by atoms with Gasteiger partial charge in [-0.1, -0.05) is 6.07 Å². The van der Waals surface area contributed by atoms with Crippen LogP contribution in [-0.4, -0.2) is 12.6 Å². The van der Waals surface area contributed by atoms with Crippen molar-refractivity contribution >= 4 is 5.97 Å². The lowest BCUT2D eigenvalue weighted by atomic mass is 10.1. The molecule has 3 heteroatoms. The summed E-state index contributed by atoms with van der Waals surface area (Å²) in [6.45, 7) is 2.14. The molecule has 0 saturated carbocycles. The van der Waals surface area contributed by atoms with Crippen LogP contribution in [0.4, 0.5) is 0 Å². The third-order valence-corrected chi connectivity index (χ3v) is 2.15. The quantitative estimate of drug-likeness (QED) is 0.504. The van der Waals surface area contributed by atoms with Crippen LogP contribution in [0.5, 0.6) is 11.5 Å². The zero-order chi connectivity index (χ0) is 9.97. The van der Waals surface area contributed by atoms with Crippen molar-refractivity contribution in [2.45, 2.75) is 19.8 Å². The van der Waals surface area contributed by atoms with Gasteiger partial charge in [0.25, 0.3) is 0 Å². The van der Waals surface area contributed by atoms with E-state index in [1.807, 2.05) is 6.07 Å². The van der Waals surface area contributed by atoms with E-state index < -0.39 is 0 Å². The number of hydrogen-bond acceptors (Lipinski definition) is 3. The second-order valence-corrected chi connectivity index (χ2v) is 3.32. The molecule has 0 aromatic heterocycles. The summed E-state index contributed by atoms with van der Waals surface area (Å²) in [7, 11) is 0. The van der Waals surface area contributed by atoms with Gasteiger partial charge in [-0.05, 0) is 24.5 Å². The highest BCUT2D eigenvalue weighted by molar-refractivity contribution is 5.69. The van der Waals surface area contributed by atoms with Crippen molar-refractivity contribution in [3.63, 3.8) is 0 Å². The van der Waals surface area contributed by atoms with E-state index in [-0.39, 0.29) is 5.97 Å². The summed E-state index contributed by atoms with van der Waals surface area (Å²) in [4.78, 5) is 10.7. The SMILES string of the molecule is CC(=O)Oc1ccc2c(c1)OCCC2. The number of fused-ring (bicyclic) bond motifs is 1. The molecule has 1 aliphatic rings. The van der Waals surface area contributed by atoms with Crippen molar-refractivity contribution in [3.8, 4) is 11.5 Å². The normalized spacial score (nSPS) is 14.1. The van der Waals surface area contributed by atoms with Crippen LogP contribution in [0.3, 0.4) is 0 Å². The van der Waals surface area contributed by atoms with Crippen molar-refractivity contribution in [2.75, 3.05) is 6.61 Å². The fraction of sp³-hybridized carbons (Fsp3) is 0.364. The number of hydrogen-bond donors (Lipinski definition) is 0. The van der Waals surface area contributed by atoms with Gasteiger partial charge in [0.05, 0.1) is 6.61 Å². The average molecular weight is 192 g/mol. The molecule has 1 aromatic rings. The first kappa shape index (κ1) is 9.06. The lowest BCUT2D eigenvalue weighted by molar-refractivity contribution is -0.131. The molecule has 1 aromatic carbocycles. The number of carbonyl (C=O) groups excluding carboxylic acids is 1. The minimum atomic E-state index is -0.305. The van der Waals surface area contributed by atoms with Crippen molar-refractivity contribution in [1.29, 1.82) is 0 Å². The first-order valence-electron chi connectivity index (χ1n) is 4.70. The van der Waals surface area contributed by atoms with Gasteiger partial charge in [0.15, 0.2) is 0 Å². The predicted octanol–water partition coefficient (Wildman–Crippen LogP) is 1.94. The maximum atomic E-state index is 10.7. The van der Waals surface area contributed by atoms with Crippen LogP contribution in [0.1, 0.15) is 18.9 Å². The van der Waals surface area contributed by atoms with E-state index in [1.165, 1.54) is 12.5 Å². The Kier molecular flexibility index (Phi) is 2.39. The van der Waals surface area contributed by atoms with E-state index >= 15 is 0 Å². The second-order valence-electron chi connectivity index (χ2n) is 3.32. The number of carbonyl (C=O) groups is 1. The van der Waals surface area contributed by atoms with Gasteiger partial charge in [-0.25, -0.2) is 0 Å². The number of aryl methyl sites for hydroxylation is 1. The van der Waals surface area contributed by atoms with Gasteiger partial charge in [-0.2, -0.15) is 0 Å². The molecule has 14 heavy (non-hydrogen) atoms. The molecule has 0 unspecified atom stereocenters. The number of esters is 1. The van der Waals surface area contributed by atoms with Crippen molar-refractivity contribution < 1.29 is 14.3 Å². The van der Waals surface area contributed by atoms with E-state index in [1.54, 1.807) is 12.1 Å². The number of rotatable bonds is 1. The lowest BCUT2D eigenvalue weighted by Crippen LogP contribution is -2.09. The predicted molar refractivity (Wildman–Crippen MR) is 51.6 cm³/mol. The molecular formula is C11H12O3. The highest BCUT2D eigenvalue weighted by Gasteiger charge is 2.11. The molecule has 0 fully saturated rings. The molecule has 3 nitrogen and oxygen atoms in total. The highest BCUT2D eigenvalue weighted by atomic mass is 16.5.